The summed E-state index contributed by atoms with van der Waals surface area (Å²) >= 11 is 18.8. The van der Waals surface area contributed by atoms with E-state index in [2.05, 4.69) is 10.3 Å². The smallest absolute Gasteiger partial charge is 0.256 e. The highest BCUT2D eigenvalue weighted by Gasteiger charge is 2.19. The van der Waals surface area contributed by atoms with Gasteiger partial charge in [0.2, 0.25) is 0 Å². The fourth-order valence-electron chi connectivity index (χ4n) is 4.08. The van der Waals surface area contributed by atoms with Crippen LogP contribution in [0.15, 0.2) is 89.8 Å². The number of hydrogen-bond acceptors (Lipinski definition) is 3. The Bertz CT molecular complexity index is 1760. The van der Waals surface area contributed by atoms with Crippen molar-refractivity contribution in [2.45, 2.75) is 4.90 Å². The van der Waals surface area contributed by atoms with Crippen molar-refractivity contribution in [2.24, 2.45) is 0 Å². The molecule has 1 aromatic heterocycles. The standard InChI is InChI=1S/C28H19Cl3N2O3S/c1-37(35,36)19-8-9-20(21(15-19)16-6-10-24(30)25(31)12-16)28(34)32-18-7-11-23(29)22(14-18)27-13-17-4-2-3-5-26(17)33-27/h2-15,33H,1H3,(H,32,34). The molecule has 1 amide bonds. The van der Waals surface area contributed by atoms with Gasteiger partial charge in [-0.05, 0) is 71.8 Å². The summed E-state index contributed by atoms with van der Waals surface area (Å²) < 4.78 is 24.4. The normalized spacial score (nSPS) is 11.6. The van der Waals surface area contributed by atoms with Crippen molar-refractivity contribution in [1.82, 2.24) is 4.98 Å². The molecule has 0 radical (unpaired) electrons. The van der Waals surface area contributed by atoms with Crippen molar-refractivity contribution < 1.29 is 13.2 Å². The zero-order valence-corrected chi connectivity index (χ0v) is 22.4. The van der Waals surface area contributed by atoms with Gasteiger partial charge < -0.3 is 10.3 Å². The van der Waals surface area contributed by atoms with Crippen LogP contribution in [0.3, 0.4) is 0 Å². The lowest BCUT2D eigenvalue weighted by Crippen LogP contribution is -2.14. The Hall–Kier alpha value is -3.29. The summed E-state index contributed by atoms with van der Waals surface area (Å²) in [4.78, 5) is 16.9. The number of hydrogen-bond donors (Lipinski definition) is 2. The van der Waals surface area contributed by atoms with Gasteiger partial charge in [-0.2, -0.15) is 0 Å². The molecule has 0 aliphatic carbocycles. The highest BCUT2D eigenvalue weighted by Crippen LogP contribution is 2.34. The van der Waals surface area contributed by atoms with Crippen LogP contribution in [0.5, 0.6) is 0 Å². The number of amides is 1. The fraction of sp³-hybridized carbons (Fsp3) is 0.0357. The Morgan fingerprint density at radius 1 is 0.784 bits per heavy atom. The molecule has 0 aliphatic heterocycles. The number of rotatable bonds is 5. The third kappa shape index (κ3) is 5.24. The topological polar surface area (TPSA) is 79.0 Å². The molecule has 0 spiro atoms. The molecule has 0 aliphatic rings. The molecule has 0 atom stereocenters. The molecular formula is C28H19Cl3N2O3S. The highest BCUT2D eigenvalue weighted by atomic mass is 35.5. The van der Waals surface area contributed by atoms with Crippen LogP contribution >= 0.6 is 34.8 Å². The molecule has 0 saturated heterocycles. The lowest BCUT2D eigenvalue weighted by Gasteiger charge is -2.14. The molecule has 37 heavy (non-hydrogen) atoms. The molecule has 9 heteroatoms. The number of aromatic amines is 1. The zero-order chi connectivity index (χ0) is 26.3. The number of sulfone groups is 1. The number of carbonyl (C=O) groups is 1. The second-order valence-electron chi connectivity index (χ2n) is 8.53. The summed E-state index contributed by atoms with van der Waals surface area (Å²) in [7, 11) is -3.51. The second-order valence-corrected chi connectivity index (χ2v) is 11.8. The fourth-order valence-corrected chi connectivity index (χ4v) is 5.25. The van der Waals surface area contributed by atoms with E-state index >= 15 is 0 Å². The Morgan fingerprint density at radius 2 is 1.54 bits per heavy atom. The number of nitrogens with one attached hydrogen (secondary N) is 2. The van der Waals surface area contributed by atoms with E-state index in [0.717, 1.165) is 28.4 Å². The zero-order valence-electron chi connectivity index (χ0n) is 19.3. The minimum absolute atomic E-state index is 0.0812. The number of fused-ring (bicyclic) bond motifs is 1. The molecule has 0 fully saturated rings. The van der Waals surface area contributed by atoms with E-state index < -0.39 is 15.7 Å². The van der Waals surface area contributed by atoms with Gasteiger partial charge in [0.15, 0.2) is 9.84 Å². The van der Waals surface area contributed by atoms with Gasteiger partial charge in [0.1, 0.15) is 0 Å². The highest BCUT2D eigenvalue weighted by molar-refractivity contribution is 7.90. The first-order valence-electron chi connectivity index (χ1n) is 11.1. The number of H-pyrrole nitrogens is 1. The Morgan fingerprint density at radius 3 is 2.27 bits per heavy atom. The number of carbonyl (C=O) groups excluding carboxylic acids is 1. The van der Waals surface area contributed by atoms with E-state index in [4.69, 9.17) is 34.8 Å². The number of anilines is 1. The summed E-state index contributed by atoms with van der Waals surface area (Å²) in [6.45, 7) is 0. The van der Waals surface area contributed by atoms with Crippen molar-refractivity contribution in [3.05, 3.63) is 106 Å². The summed E-state index contributed by atoms with van der Waals surface area (Å²) in [5.41, 5.74) is 4.27. The minimum Gasteiger partial charge on any atom is -0.354 e. The van der Waals surface area contributed by atoms with Gasteiger partial charge in [-0.25, -0.2) is 8.42 Å². The van der Waals surface area contributed by atoms with Gasteiger partial charge in [0.25, 0.3) is 5.91 Å². The average molecular weight is 570 g/mol. The minimum atomic E-state index is -3.51. The van der Waals surface area contributed by atoms with Crippen molar-refractivity contribution in [3.8, 4) is 22.4 Å². The molecule has 1 heterocycles. The predicted octanol–water partition coefficient (Wildman–Crippen LogP) is 8.12. The first-order valence-corrected chi connectivity index (χ1v) is 14.1. The third-order valence-corrected chi connectivity index (χ3v) is 8.12. The Labute approximate surface area is 228 Å². The maximum atomic E-state index is 13.4. The second kappa shape index (κ2) is 9.88. The Kier molecular flexibility index (Phi) is 6.77. The van der Waals surface area contributed by atoms with E-state index in [1.807, 2.05) is 30.3 Å². The Balaban J connectivity index is 1.54. The molecule has 0 bridgehead atoms. The van der Waals surface area contributed by atoms with E-state index in [9.17, 15) is 13.2 Å². The van der Waals surface area contributed by atoms with Gasteiger partial charge in [0.05, 0.1) is 20.0 Å². The first-order chi connectivity index (χ1) is 17.6. The van der Waals surface area contributed by atoms with Gasteiger partial charge in [-0.3, -0.25) is 4.79 Å². The van der Waals surface area contributed by atoms with Crippen LogP contribution < -0.4 is 5.32 Å². The largest absolute Gasteiger partial charge is 0.354 e. The number of para-hydroxylation sites is 1. The number of aromatic nitrogens is 1. The molecule has 5 nitrogen and oxygen atoms in total. The van der Waals surface area contributed by atoms with E-state index in [1.165, 1.54) is 18.2 Å². The van der Waals surface area contributed by atoms with Crippen LogP contribution in [0.25, 0.3) is 33.3 Å². The molecule has 5 aromatic rings. The van der Waals surface area contributed by atoms with Crippen molar-refractivity contribution in [2.75, 3.05) is 11.6 Å². The molecular weight excluding hydrogens is 551 g/mol. The first kappa shape index (κ1) is 25.4. The van der Waals surface area contributed by atoms with Crippen molar-refractivity contribution >= 4 is 67.1 Å². The molecule has 5 rings (SSSR count). The van der Waals surface area contributed by atoms with Gasteiger partial charge >= 0.3 is 0 Å². The predicted molar refractivity (Wildman–Crippen MR) is 152 cm³/mol. The van der Waals surface area contributed by atoms with Crippen LogP contribution in [0.1, 0.15) is 10.4 Å². The van der Waals surface area contributed by atoms with E-state index in [-0.39, 0.29) is 15.5 Å². The molecule has 0 saturated carbocycles. The molecule has 4 aromatic carbocycles. The van der Waals surface area contributed by atoms with Crippen LogP contribution in [0.4, 0.5) is 5.69 Å². The van der Waals surface area contributed by atoms with Crippen LogP contribution in [-0.2, 0) is 9.84 Å². The summed E-state index contributed by atoms with van der Waals surface area (Å²) in [5, 5.41) is 5.11. The number of benzene rings is 4. The van der Waals surface area contributed by atoms with Crippen LogP contribution in [-0.4, -0.2) is 25.6 Å². The monoisotopic (exact) mass is 568 g/mol. The van der Waals surface area contributed by atoms with Crippen molar-refractivity contribution in [1.29, 1.82) is 0 Å². The molecule has 0 unspecified atom stereocenters. The van der Waals surface area contributed by atoms with Crippen molar-refractivity contribution in [3.63, 3.8) is 0 Å². The van der Waals surface area contributed by atoms with Crippen LogP contribution in [0, 0.1) is 0 Å². The number of halogens is 3. The van der Waals surface area contributed by atoms with Crippen LogP contribution in [0.2, 0.25) is 15.1 Å². The summed E-state index contributed by atoms with van der Waals surface area (Å²) in [6.07, 6.45) is 1.11. The van der Waals surface area contributed by atoms with Gasteiger partial charge in [0, 0.05) is 39.7 Å². The third-order valence-electron chi connectivity index (χ3n) is 5.94. The summed E-state index contributed by atoms with van der Waals surface area (Å²) in [5.74, 6) is -0.425. The van der Waals surface area contributed by atoms with Gasteiger partial charge in [-0.15, -0.1) is 0 Å². The van der Waals surface area contributed by atoms with Gasteiger partial charge in [-0.1, -0.05) is 59.1 Å². The maximum absolute atomic E-state index is 13.4. The lowest BCUT2D eigenvalue weighted by atomic mass is 9.99. The molecule has 186 valence electrons. The quantitative estimate of drug-likeness (QED) is 0.224. The summed E-state index contributed by atoms with van der Waals surface area (Å²) in [6, 6.07) is 24.3. The maximum Gasteiger partial charge on any atom is 0.256 e. The van der Waals surface area contributed by atoms with E-state index in [0.29, 0.717) is 26.9 Å². The van der Waals surface area contributed by atoms with E-state index in [1.54, 1.807) is 36.4 Å². The average Bonchev–Trinajstić information content (AvgIpc) is 3.30. The molecule has 2 N–H and O–H groups in total. The lowest BCUT2D eigenvalue weighted by molar-refractivity contribution is 0.102. The SMILES string of the molecule is CS(=O)(=O)c1ccc(C(=O)Nc2ccc(Cl)c(-c3cc4ccccc4[nH]3)c2)c(-c2ccc(Cl)c(Cl)c2)c1.